The number of rotatable bonds is 2. The van der Waals surface area contributed by atoms with Crippen LogP contribution < -0.4 is 5.32 Å². The lowest BCUT2D eigenvalue weighted by molar-refractivity contribution is 0.0635. The average Bonchev–Trinajstić information content (AvgIpc) is 2.16. The highest BCUT2D eigenvalue weighted by atomic mass is 32.2. The van der Waals surface area contributed by atoms with Crippen molar-refractivity contribution in [3.63, 3.8) is 0 Å². The first-order chi connectivity index (χ1) is 8.49. The fourth-order valence-electron chi connectivity index (χ4n) is 1.28. The molecule has 6 nitrogen and oxygen atoms in total. The van der Waals surface area contributed by atoms with Crippen LogP contribution in [0.15, 0.2) is 17.3 Å². The number of carbonyl (C=O) groups is 1. The number of aromatic nitrogens is 1. The lowest BCUT2D eigenvalue weighted by atomic mass is 10.2. The summed E-state index contributed by atoms with van der Waals surface area (Å²) in [6.07, 6.45) is 1.77. The van der Waals surface area contributed by atoms with Crippen molar-refractivity contribution in [2.75, 3.05) is 11.6 Å². The number of amides is 1. The maximum atomic E-state index is 11.6. The van der Waals surface area contributed by atoms with Crippen molar-refractivity contribution in [2.24, 2.45) is 0 Å². The molecule has 19 heavy (non-hydrogen) atoms. The molecule has 0 atom stereocenters. The normalized spacial score (nSPS) is 12.1. The molecule has 0 saturated carbocycles. The van der Waals surface area contributed by atoms with Gasteiger partial charge in [-0.15, -0.1) is 0 Å². The fourth-order valence-corrected chi connectivity index (χ4v) is 1.91. The summed E-state index contributed by atoms with van der Waals surface area (Å²) in [6.45, 7) is 6.95. The van der Waals surface area contributed by atoms with Gasteiger partial charge in [0.05, 0.1) is 11.9 Å². The first kappa shape index (κ1) is 15.4. The predicted molar refractivity (Wildman–Crippen MR) is 71.9 cm³/mol. The Bertz CT molecular complexity index is 588. The van der Waals surface area contributed by atoms with E-state index in [1.54, 1.807) is 27.7 Å². The third-order valence-electron chi connectivity index (χ3n) is 2.10. The van der Waals surface area contributed by atoms with Gasteiger partial charge in [0, 0.05) is 6.26 Å². The van der Waals surface area contributed by atoms with E-state index < -0.39 is 21.5 Å². The molecule has 1 aromatic rings. The highest BCUT2D eigenvalue weighted by Crippen LogP contribution is 2.18. The third-order valence-corrected chi connectivity index (χ3v) is 3.08. The van der Waals surface area contributed by atoms with Gasteiger partial charge in [-0.05, 0) is 39.3 Å². The summed E-state index contributed by atoms with van der Waals surface area (Å²) in [5, 5.41) is 2.50. The molecule has 1 aromatic heterocycles. The topological polar surface area (TPSA) is 85.4 Å². The Morgan fingerprint density at radius 2 is 1.95 bits per heavy atom. The van der Waals surface area contributed by atoms with Gasteiger partial charge in [-0.1, -0.05) is 0 Å². The number of ether oxygens (including phenoxy) is 1. The highest BCUT2D eigenvalue weighted by Gasteiger charge is 2.17. The Hall–Kier alpha value is -1.63. The van der Waals surface area contributed by atoms with Crippen LogP contribution in [0.5, 0.6) is 0 Å². The first-order valence-corrected chi connectivity index (χ1v) is 7.55. The number of pyridine rings is 1. The van der Waals surface area contributed by atoms with Gasteiger partial charge in [0.15, 0.2) is 14.9 Å². The van der Waals surface area contributed by atoms with Gasteiger partial charge >= 0.3 is 6.09 Å². The molecule has 0 aliphatic carbocycles. The zero-order chi connectivity index (χ0) is 14.8. The molecule has 0 fully saturated rings. The van der Waals surface area contributed by atoms with E-state index in [0.29, 0.717) is 11.3 Å². The summed E-state index contributed by atoms with van der Waals surface area (Å²) >= 11 is 0. The van der Waals surface area contributed by atoms with Crippen LogP contribution in [0.4, 0.5) is 10.5 Å². The molecular formula is C12H18N2O4S. The molecule has 106 valence electrons. The van der Waals surface area contributed by atoms with Crippen molar-refractivity contribution in [3.8, 4) is 0 Å². The van der Waals surface area contributed by atoms with Gasteiger partial charge in [-0.25, -0.2) is 18.2 Å². The number of anilines is 1. The smallest absolute Gasteiger partial charge is 0.412 e. The van der Waals surface area contributed by atoms with E-state index in [9.17, 15) is 13.2 Å². The zero-order valence-corrected chi connectivity index (χ0v) is 12.5. The molecule has 0 saturated heterocycles. The standard InChI is InChI=1S/C12H18N2O4S/c1-8-6-10(19(5,16)17)13-7-9(8)14-11(15)18-12(2,3)4/h6-7H,1-5H3,(H,14,15). The lowest BCUT2D eigenvalue weighted by Gasteiger charge is -2.20. The lowest BCUT2D eigenvalue weighted by Crippen LogP contribution is -2.27. The van der Waals surface area contributed by atoms with Crippen molar-refractivity contribution < 1.29 is 17.9 Å². The number of nitrogens with zero attached hydrogens (tertiary/aromatic N) is 1. The fraction of sp³-hybridized carbons (Fsp3) is 0.500. The van der Waals surface area contributed by atoms with Crippen molar-refractivity contribution in [1.82, 2.24) is 4.98 Å². The van der Waals surface area contributed by atoms with Crippen LogP contribution >= 0.6 is 0 Å². The second kappa shape index (κ2) is 5.16. The van der Waals surface area contributed by atoms with Crippen molar-refractivity contribution in [1.29, 1.82) is 0 Å². The van der Waals surface area contributed by atoms with Crippen LogP contribution in [-0.2, 0) is 14.6 Å². The van der Waals surface area contributed by atoms with Crippen LogP contribution in [0, 0.1) is 6.92 Å². The first-order valence-electron chi connectivity index (χ1n) is 5.66. The molecule has 0 spiro atoms. The van der Waals surface area contributed by atoms with E-state index in [4.69, 9.17) is 4.74 Å². The minimum atomic E-state index is -3.35. The summed E-state index contributed by atoms with van der Waals surface area (Å²) in [5.41, 5.74) is 0.418. The number of hydrogen-bond acceptors (Lipinski definition) is 5. The molecular weight excluding hydrogens is 268 g/mol. The molecule has 1 rings (SSSR count). The minimum Gasteiger partial charge on any atom is -0.444 e. The SMILES string of the molecule is Cc1cc(S(C)(=O)=O)ncc1NC(=O)OC(C)(C)C. The average molecular weight is 286 g/mol. The van der Waals surface area contributed by atoms with E-state index >= 15 is 0 Å². The van der Waals surface area contributed by atoms with Crippen molar-refractivity contribution >= 4 is 21.6 Å². The van der Waals surface area contributed by atoms with E-state index in [1.165, 1.54) is 12.3 Å². The predicted octanol–water partition coefficient (Wildman–Crippen LogP) is 2.14. The second-order valence-electron chi connectivity index (χ2n) is 5.24. The maximum absolute atomic E-state index is 11.6. The molecule has 0 radical (unpaired) electrons. The van der Waals surface area contributed by atoms with Gasteiger partial charge in [-0.2, -0.15) is 0 Å². The van der Waals surface area contributed by atoms with Crippen LogP contribution in [0.3, 0.4) is 0 Å². The quantitative estimate of drug-likeness (QED) is 0.900. The van der Waals surface area contributed by atoms with Crippen molar-refractivity contribution in [3.05, 3.63) is 17.8 Å². The van der Waals surface area contributed by atoms with Gasteiger partial charge < -0.3 is 4.74 Å². The molecule has 0 bridgehead atoms. The Balaban J connectivity index is 2.90. The molecule has 1 heterocycles. The molecule has 0 aromatic carbocycles. The van der Waals surface area contributed by atoms with E-state index in [1.807, 2.05) is 0 Å². The number of carbonyl (C=O) groups excluding carboxylic acids is 1. The Kier molecular flexibility index (Phi) is 4.19. The van der Waals surface area contributed by atoms with Gasteiger partial charge in [0.25, 0.3) is 0 Å². The number of nitrogens with one attached hydrogen (secondary N) is 1. The summed E-state index contributed by atoms with van der Waals surface area (Å²) in [7, 11) is -3.35. The molecule has 1 amide bonds. The van der Waals surface area contributed by atoms with E-state index in [-0.39, 0.29) is 5.03 Å². The Labute approximate surface area is 113 Å². The number of sulfone groups is 1. The summed E-state index contributed by atoms with van der Waals surface area (Å²) in [6, 6.07) is 1.40. The van der Waals surface area contributed by atoms with E-state index in [0.717, 1.165) is 6.26 Å². The maximum Gasteiger partial charge on any atom is 0.412 e. The zero-order valence-electron chi connectivity index (χ0n) is 11.6. The Morgan fingerprint density at radius 1 is 1.37 bits per heavy atom. The van der Waals surface area contributed by atoms with Crippen LogP contribution in [-0.4, -0.2) is 31.4 Å². The Morgan fingerprint density at radius 3 is 2.37 bits per heavy atom. The minimum absolute atomic E-state index is 0.0280. The molecule has 0 aliphatic rings. The van der Waals surface area contributed by atoms with Gasteiger partial charge in [-0.3, -0.25) is 5.32 Å². The summed E-state index contributed by atoms with van der Waals surface area (Å²) in [4.78, 5) is 15.4. The summed E-state index contributed by atoms with van der Waals surface area (Å²) in [5.74, 6) is 0. The van der Waals surface area contributed by atoms with Crippen molar-refractivity contribution in [2.45, 2.75) is 38.3 Å². The largest absolute Gasteiger partial charge is 0.444 e. The summed E-state index contributed by atoms with van der Waals surface area (Å²) < 4.78 is 27.8. The highest BCUT2D eigenvalue weighted by molar-refractivity contribution is 7.90. The molecule has 0 aliphatic heterocycles. The van der Waals surface area contributed by atoms with E-state index in [2.05, 4.69) is 10.3 Å². The second-order valence-corrected chi connectivity index (χ2v) is 7.20. The van der Waals surface area contributed by atoms with Gasteiger partial charge in [0.1, 0.15) is 5.60 Å². The molecule has 1 N–H and O–H groups in total. The van der Waals surface area contributed by atoms with Crippen LogP contribution in [0.25, 0.3) is 0 Å². The van der Waals surface area contributed by atoms with Crippen LogP contribution in [0.1, 0.15) is 26.3 Å². The third kappa shape index (κ3) is 4.86. The molecule has 0 unspecified atom stereocenters. The molecule has 7 heteroatoms. The monoisotopic (exact) mass is 286 g/mol. The van der Waals surface area contributed by atoms with Gasteiger partial charge in [0.2, 0.25) is 0 Å². The number of hydrogen-bond donors (Lipinski definition) is 1. The van der Waals surface area contributed by atoms with Crippen LogP contribution in [0.2, 0.25) is 0 Å². The number of aryl methyl sites for hydroxylation is 1.